The SMILES string of the molecule is OCC1CN(c2ncc(C(F)(F)F)cn2)CCN1. The molecule has 100 valence electrons. The fourth-order valence-corrected chi connectivity index (χ4v) is 1.76. The quantitative estimate of drug-likeness (QED) is 0.801. The van der Waals surface area contributed by atoms with Crippen LogP contribution in [-0.4, -0.2) is 47.4 Å². The van der Waals surface area contributed by atoms with Crippen molar-refractivity contribution in [3.8, 4) is 0 Å². The molecule has 2 N–H and O–H groups in total. The Morgan fingerprint density at radius 1 is 1.39 bits per heavy atom. The number of nitrogens with one attached hydrogen (secondary N) is 1. The van der Waals surface area contributed by atoms with E-state index in [0.29, 0.717) is 19.6 Å². The van der Waals surface area contributed by atoms with Crippen molar-refractivity contribution in [1.82, 2.24) is 15.3 Å². The Balaban J connectivity index is 2.09. The number of rotatable bonds is 2. The summed E-state index contributed by atoms with van der Waals surface area (Å²) in [6, 6.07) is -0.107. The average molecular weight is 262 g/mol. The maximum Gasteiger partial charge on any atom is 0.419 e. The summed E-state index contributed by atoms with van der Waals surface area (Å²) in [5, 5.41) is 12.1. The topological polar surface area (TPSA) is 61.3 Å². The molecule has 1 atom stereocenters. The molecule has 1 aromatic rings. The first-order chi connectivity index (χ1) is 8.50. The van der Waals surface area contributed by atoms with Crippen LogP contribution in [0, 0.1) is 0 Å². The first-order valence-electron chi connectivity index (χ1n) is 5.49. The minimum Gasteiger partial charge on any atom is -0.395 e. The van der Waals surface area contributed by atoms with Crippen molar-refractivity contribution in [2.45, 2.75) is 12.2 Å². The second kappa shape index (κ2) is 5.07. The number of hydrogen-bond donors (Lipinski definition) is 2. The summed E-state index contributed by atoms with van der Waals surface area (Å²) in [5.74, 6) is 0.253. The average Bonchev–Trinajstić information content (AvgIpc) is 2.38. The molecule has 0 aliphatic carbocycles. The van der Waals surface area contributed by atoms with Crippen LogP contribution < -0.4 is 10.2 Å². The fourth-order valence-electron chi connectivity index (χ4n) is 1.76. The van der Waals surface area contributed by atoms with Crippen LogP contribution in [0.15, 0.2) is 12.4 Å². The van der Waals surface area contributed by atoms with Crippen LogP contribution in [0.1, 0.15) is 5.56 Å². The molecular formula is C10H13F3N4O. The van der Waals surface area contributed by atoms with Gasteiger partial charge in [-0.25, -0.2) is 9.97 Å². The number of aliphatic hydroxyl groups is 1. The van der Waals surface area contributed by atoms with Gasteiger partial charge in [0.15, 0.2) is 0 Å². The third-order valence-electron chi connectivity index (χ3n) is 2.72. The summed E-state index contributed by atoms with van der Waals surface area (Å²) in [4.78, 5) is 9.19. The van der Waals surface area contributed by atoms with Gasteiger partial charge < -0.3 is 15.3 Å². The van der Waals surface area contributed by atoms with Crippen LogP contribution in [0.5, 0.6) is 0 Å². The number of anilines is 1. The molecule has 2 rings (SSSR count). The van der Waals surface area contributed by atoms with Gasteiger partial charge in [-0.1, -0.05) is 0 Å². The van der Waals surface area contributed by atoms with E-state index in [2.05, 4.69) is 15.3 Å². The van der Waals surface area contributed by atoms with Gasteiger partial charge in [-0.05, 0) is 0 Å². The molecule has 1 aliphatic rings. The van der Waals surface area contributed by atoms with Gasteiger partial charge in [-0.3, -0.25) is 0 Å². The lowest BCUT2D eigenvalue weighted by Gasteiger charge is -2.32. The van der Waals surface area contributed by atoms with Gasteiger partial charge in [0.05, 0.1) is 12.2 Å². The van der Waals surface area contributed by atoms with Gasteiger partial charge in [0, 0.05) is 38.1 Å². The lowest BCUT2D eigenvalue weighted by atomic mass is 10.2. The highest BCUT2D eigenvalue weighted by Gasteiger charge is 2.31. The molecule has 1 aliphatic heterocycles. The summed E-state index contributed by atoms with van der Waals surface area (Å²) < 4.78 is 37.0. The Labute approximate surface area is 102 Å². The second-order valence-electron chi connectivity index (χ2n) is 4.05. The minimum atomic E-state index is -4.42. The van der Waals surface area contributed by atoms with Crippen LogP contribution in [0.25, 0.3) is 0 Å². The Morgan fingerprint density at radius 2 is 2.06 bits per heavy atom. The normalized spacial score (nSPS) is 21.1. The van der Waals surface area contributed by atoms with E-state index in [1.165, 1.54) is 0 Å². The largest absolute Gasteiger partial charge is 0.419 e. The van der Waals surface area contributed by atoms with E-state index in [-0.39, 0.29) is 18.6 Å². The molecule has 18 heavy (non-hydrogen) atoms. The van der Waals surface area contributed by atoms with Gasteiger partial charge >= 0.3 is 6.18 Å². The Bertz CT molecular complexity index is 395. The molecule has 1 saturated heterocycles. The minimum absolute atomic E-state index is 0.0306. The number of hydrogen-bond acceptors (Lipinski definition) is 5. The predicted octanol–water partition coefficient (Wildman–Crippen LogP) is 0.266. The molecule has 2 heterocycles. The summed E-state index contributed by atoms with van der Waals surface area (Å²) >= 11 is 0. The Hall–Kier alpha value is -1.41. The van der Waals surface area contributed by atoms with Crippen LogP contribution in [0.4, 0.5) is 19.1 Å². The van der Waals surface area contributed by atoms with Crippen LogP contribution in [-0.2, 0) is 6.18 Å². The molecule has 0 amide bonds. The van der Waals surface area contributed by atoms with E-state index < -0.39 is 11.7 Å². The molecule has 1 aromatic heterocycles. The number of nitrogens with zero attached hydrogens (tertiary/aromatic N) is 3. The smallest absolute Gasteiger partial charge is 0.395 e. The number of halogens is 3. The zero-order valence-electron chi connectivity index (χ0n) is 9.48. The van der Waals surface area contributed by atoms with Gasteiger partial charge in [-0.2, -0.15) is 13.2 Å². The standard InChI is InChI=1S/C10H13F3N4O/c11-10(12,13)7-3-15-9(16-4-7)17-2-1-14-8(5-17)6-18/h3-4,8,14,18H,1-2,5-6H2. The van der Waals surface area contributed by atoms with Crippen molar-refractivity contribution in [1.29, 1.82) is 0 Å². The van der Waals surface area contributed by atoms with E-state index in [1.54, 1.807) is 4.90 Å². The summed E-state index contributed by atoms with van der Waals surface area (Å²) in [7, 11) is 0. The Morgan fingerprint density at radius 3 is 2.61 bits per heavy atom. The molecule has 0 aromatic carbocycles. The first-order valence-corrected chi connectivity index (χ1v) is 5.49. The highest BCUT2D eigenvalue weighted by molar-refractivity contribution is 5.31. The molecule has 8 heteroatoms. The zero-order chi connectivity index (χ0) is 13.2. The van der Waals surface area contributed by atoms with E-state index in [4.69, 9.17) is 5.11 Å². The van der Waals surface area contributed by atoms with Crippen molar-refractivity contribution >= 4 is 5.95 Å². The van der Waals surface area contributed by atoms with Crippen molar-refractivity contribution in [3.05, 3.63) is 18.0 Å². The van der Waals surface area contributed by atoms with Gasteiger partial charge in [0.25, 0.3) is 0 Å². The summed E-state index contributed by atoms with van der Waals surface area (Å²) in [5.41, 5.74) is -0.861. The molecule has 1 unspecified atom stereocenters. The third kappa shape index (κ3) is 2.88. The van der Waals surface area contributed by atoms with E-state index in [1.807, 2.05) is 0 Å². The maximum atomic E-state index is 12.3. The molecule has 0 bridgehead atoms. The maximum absolute atomic E-state index is 12.3. The first kappa shape index (κ1) is 13.0. The van der Waals surface area contributed by atoms with Crippen LogP contribution in [0.2, 0.25) is 0 Å². The highest BCUT2D eigenvalue weighted by atomic mass is 19.4. The highest BCUT2D eigenvalue weighted by Crippen LogP contribution is 2.28. The van der Waals surface area contributed by atoms with E-state index >= 15 is 0 Å². The third-order valence-corrected chi connectivity index (χ3v) is 2.72. The van der Waals surface area contributed by atoms with Gasteiger partial charge in [0.2, 0.25) is 5.95 Å². The van der Waals surface area contributed by atoms with Crippen LogP contribution >= 0.6 is 0 Å². The summed E-state index contributed by atoms with van der Waals surface area (Å²) in [6.45, 7) is 1.68. The molecule has 0 radical (unpaired) electrons. The van der Waals surface area contributed by atoms with Crippen molar-refractivity contribution < 1.29 is 18.3 Å². The number of alkyl halides is 3. The number of piperazine rings is 1. The molecule has 0 saturated carbocycles. The lowest BCUT2D eigenvalue weighted by molar-refractivity contribution is -0.138. The Kier molecular flexibility index (Phi) is 3.67. The van der Waals surface area contributed by atoms with Gasteiger partial charge in [-0.15, -0.1) is 0 Å². The number of aromatic nitrogens is 2. The van der Waals surface area contributed by atoms with Crippen molar-refractivity contribution in [2.75, 3.05) is 31.1 Å². The molecule has 1 fully saturated rings. The predicted molar refractivity (Wildman–Crippen MR) is 58.1 cm³/mol. The van der Waals surface area contributed by atoms with Gasteiger partial charge in [0.1, 0.15) is 0 Å². The lowest BCUT2D eigenvalue weighted by Crippen LogP contribution is -2.52. The van der Waals surface area contributed by atoms with Crippen molar-refractivity contribution in [3.63, 3.8) is 0 Å². The van der Waals surface area contributed by atoms with E-state index in [0.717, 1.165) is 12.4 Å². The molecule has 5 nitrogen and oxygen atoms in total. The van der Waals surface area contributed by atoms with Crippen LogP contribution in [0.3, 0.4) is 0 Å². The van der Waals surface area contributed by atoms with E-state index in [9.17, 15) is 13.2 Å². The fraction of sp³-hybridized carbons (Fsp3) is 0.600. The monoisotopic (exact) mass is 262 g/mol. The van der Waals surface area contributed by atoms with Crippen molar-refractivity contribution in [2.24, 2.45) is 0 Å². The zero-order valence-corrected chi connectivity index (χ0v) is 9.48. The molecule has 0 spiro atoms. The summed E-state index contributed by atoms with van der Waals surface area (Å²) in [6.07, 6.45) is -2.87. The molecular weight excluding hydrogens is 249 g/mol. The number of aliphatic hydroxyl groups excluding tert-OH is 1. The second-order valence-corrected chi connectivity index (χ2v) is 4.05.